The van der Waals surface area contributed by atoms with Gasteiger partial charge in [0.05, 0.1) is 28.9 Å². The van der Waals surface area contributed by atoms with E-state index in [4.69, 9.17) is 37.4 Å². The molecule has 11 heteroatoms. The monoisotopic (exact) mass is 677 g/mol. The van der Waals surface area contributed by atoms with Crippen molar-refractivity contribution >= 4 is 57.2 Å². The Labute approximate surface area is 264 Å². The van der Waals surface area contributed by atoms with E-state index >= 15 is 0 Å². The maximum atomic E-state index is 13.2. The van der Waals surface area contributed by atoms with Crippen molar-refractivity contribution < 1.29 is 23.8 Å². The Hall–Kier alpha value is -3.27. The SMILES string of the molecule is CCOc1cc(/C=N\NC(=O)[C@@H](Cc2ccccc2)NC(=O)[C@H](C)Oc2ccc(Cl)cc2Cl)cc(Br)c1OCC(C)C. The molecule has 0 fully saturated rings. The number of carbonyl (C=O) groups is 2. The van der Waals surface area contributed by atoms with Gasteiger partial charge in [-0.3, -0.25) is 9.59 Å². The average molecular weight is 679 g/mol. The zero-order valence-electron chi connectivity index (χ0n) is 23.8. The van der Waals surface area contributed by atoms with Gasteiger partial charge < -0.3 is 19.5 Å². The smallest absolute Gasteiger partial charge is 0.262 e. The molecule has 0 aliphatic carbocycles. The summed E-state index contributed by atoms with van der Waals surface area (Å²) in [5.41, 5.74) is 4.07. The Morgan fingerprint density at radius 3 is 2.38 bits per heavy atom. The summed E-state index contributed by atoms with van der Waals surface area (Å²) in [7, 11) is 0. The lowest BCUT2D eigenvalue weighted by Crippen LogP contribution is -2.50. The van der Waals surface area contributed by atoms with Crippen molar-refractivity contribution in [1.29, 1.82) is 0 Å². The molecule has 2 N–H and O–H groups in total. The van der Waals surface area contributed by atoms with E-state index in [1.807, 2.05) is 43.3 Å². The number of rotatable bonds is 14. The molecule has 0 unspecified atom stereocenters. The first-order valence-corrected chi connectivity index (χ1v) is 15.0. The second-order valence-electron chi connectivity index (χ2n) is 9.79. The number of benzene rings is 3. The van der Waals surface area contributed by atoms with E-state index in [0.717, 1.165) is 5.56 Å². The lowest BCUT2D eigenvalue weighted by atomic mass is 10.1. The predicted molar refractivity (Wildman–Crippen MR) is 170 cm³/mol. The van der Waals surface area contributed by atoms with Gasteiger partial charge in [-0.1, -0.05) is 67.4 Å². The number of carbonyl (C=O) groups excluding carboxylic acids is 2. The Morgan fingerprint density at radius 2 is 1.71 bits per heavy atom. The van der Waals surface area contributed by atoms with Crippen LogP contribution in [0.15, 0.2) is 70.2 Å². The number of nitrogens with zero attached hydrogens (tertiary/aromatic N) is 1. The zero-order chi connectivity index (χ0) is 30.6. The number of amides is 2. The quantitative estimate of drug-likeness (QED) is 0.144. The maximum absolute atomic E-state index is 13.2. The summed E-state index contributed by atoms with van der Waals surface area (Å²) in [4.78, 5) is 26.3. The first kappa shape index (κ1) is 33.2. The van der Waals surface area contributed by atoms with Crippen molar-refractivity contribution in [2.24, 2.45) is 11.0 Å². The van der Waals surface area contributed by atoms with Crippen LogP contribution < -0.4 is 25.0 Å². The molecule has 8 nitrogen and oxygen atoms in total. The molecule has 3 aromatic carbocycles. The maximum Gasteiger partial charge on any atom is 0.262 e. The molecule has 0 heterocycles. The van der Waals surface area contributed by atoms with Crippen LogP contribution in [-0.2, 0) is 16.0 Å². The highest BCUT2D eigenvalue weighted by Gasteiger charge is 2.25. The molecule has 0 aliphatic rings. The minimum absolute atomic E-state index is 0.240. The molecule has 3 rings (SSSR count). The van der Waals surface area contributed by atoms with Crippen LogP contribution in [0.25, 0.3) is 0 Å². The van der Waals surface area contributed by atoms with Gasteiger partial charge in [0.15, 0.2) is 17.6 Å². The largest absolute Gasteiger partial charge is 0.490 e. The molecule has 0 aliphatic heterocycles. The normalized spacial score (nSPS) is 12.6. The first-order valence-electron chi connectivity index (χ1n) is 13.4. The topological polar surface area (TPSA) is 98.2 Å². The molecular weight excluding hydrogens is 645 g/mol. The Kier molecular flexibility index (Phi) is 13.0. The van der Waals surface area contributed by atoms with Gasteiger partial charge in [0.2, 0.25) is 0 Å². The highest BCUT2D eigenvalue weighted by Crippen LogP contribution is 2.37. The summed E-state index contributed by atoms with van der Waals surface area (Å²) in [5.74, 6) is 0.815. The molecule has 3 aromatic rings. The molecule has 224 valence electrons. The summed E-state index contributed by atoms with van der Waals surface area (Å²) in [6.45, 7) is 8.57. The summed E-state index contributed by atoms with van der Waals surface area (Å²) in [6.07, 6.45) is 0.793. The number of hydrogen-bond acceptors (Lipinski definition) is 6. The average Bonchev–Trinajstić information content (AvgIpc) is 2.94. The van der Waals surface area contributed by atoms with E-state index in [9.17, 15) is 9.59 Å². The molecule has 0 bridgehead atoms. The highest BCUT2D eigenvalue weighted by atomic mass is 79.9. The van der Waals surface area contributed by atoms with Crippen molar-refractivity contribution in [3.8, 4) is 17.2 Å². The van der Waals surface area contributed by atoms with Gasteiger partial charge in [-0.15, -0.1) is 0 Å². The van der Waals surface area contributed by atoms with Crippen LogP contribution in [0, 0.1) is 5.92 Å². The molecule has 2 atom stereocenters. The Balaban J connectivity index is 1.73. The summed E-state index contributed by atoms with van der Waals surface area (Å²) >= 11 is 15.7. The number of hydrazone groups is 1. The Morgan fingerprint density at radius 1 is 0.976 bits per heavy atom. The van der Waals surface area contributed by atoms with E-state index in [2.05, 4.69) is 45.6 Å². The van der Waals surface area contributed by atoms with Gasteiger partial charge in [0, 0.05) is 11.4 Å². The van der Waals surface area contributed by atoms with Crippen molar-refractivity contribution in [1.82, 2.24) is 10.7 Å². The summed E-state index contributed by atoms with van der Waals surface area (Å²) in [6, 6.07) is 16.7. The molecular formula is C31H34BrCl2N3O5. The lowest BCUT2D eigenvalue weighted by molar-refractivity contribution is -0.132. The van der Waals surface area contributed by atoms with Crippen LogP contribution in [-0.4, -0.2) is 43.4 Å². The number of halogens is 3. The van der Waals surface area contributed by atoms with Gasteiger partial charge in [-0.25, -0.2) is 5.43 Å². The fourth-order valence-electron chi connectivity index (χ4n) is 3.73. The number of ether oxygens (including phenoxy) is 3. The van der Waals surface area contributed by atoms with Crippen molar-refractivity contribution in [3.05, 3.63) is 86.3 Å². The number of hydrogen-bond donors (Lipinski definition) is 2. The molecule has 0 saturated heterocycles. The van der Waals surface area contributed by atoms with E-state index in [-0.39, 0.29) is 11.4 Å². The van der Waals surface area contributed by atoms with Crippen LogP contribution >= 0.6 is 39.1 Å². The first-order chi connectivity index (χ1) is 20.1. The van der Waals surface area contributed by atoms with Crippen molar-refractivity contribution in [3.63, 3.8) is 0 Å². The molecule has 0 aromatic heterocycles. The molecule has 42 heavy (non-hydrogen) atoms. The second-order valence-corrected chi connectivity index (χ2v) is 11.5. The molecule has 0 spiro atoms. The van der Waals surface area contributed by atoms with Crippen LogP contribution in [0.1, 0.15) is 38.8 Å². The molecule has 2 amide bonds. The molecule has 0 radical (unpaired) electrons. The van der Waals surface area contributed by atoms with Crippen LogP contribution in [0.5, 0.6) is 17.2 Å². The minimum atomic E-state index is -0.941. The standard InChI is InChI=1S/C31H34BrCl2N3O5/c1-5-40-28-15-22(13-24(32)29(28)41-18-19(2)3)17-35-37-31(39)26(14-21-9-7-6-8-10-21)36-30(38)20(4)42-27-12-11-23(33)16-25(27)34/h6-13,15-17,19-20,26H,5,14,18H2,1-4H3,(H,36,38)(H,37,39)/b35-17-/t20-,26+/m0/s1. The van der Waals surface area contributed by atoms with Crippen LogP contribution in [0.4, 0.5) is 0 Å². The highest BCUT2D eigenvalue weighted by molar-refractivity contribution is 9.10. The fraction of sp³-hybridized carbons (Fsp3) is 0.323. The predicted octanol–water partition coefficient (Wildman–Crippen LogP) is 6.83. The van der Waals surface area contributed by atoms with Crippen LogP contribution in [0.2, 0.25) is 10.0 Å². The van der Waals surface area contributed by atoms with Crippen molar-refractivity contribution in [2.75, 3.05) is 13.2 Å². The van der Waals surface area contributed by atoms with Crippen molar-refractivity contribution in [2.45, 2.75) is 46.3 Å². The second kappa shape index (κ2) is 16.4. The van der Waals surface area contributed by atoms with Gasteiger partial charge in [0.1, 0.15) is 11.8 Å². The van der Waals surface area contributed by atoms with Gasteiger partial charge in [0.25, 0.3) is 11.8 Å². The fourth-order valence-corrected chi connectivity index (χ4v) is 4.75. The van der Waals surface area contributed by atoms with E-state index in [1.165, 1.54) is 12.3 Å². The third kappa shape index (κ3) is 10.2. The minimum Gasteiger partial charge on any atom is -0.490 e. The molecule has 0 saturated carbocycles. The van der Waals surface area contributed by atoms with E-state index in [0.29, 0.717) is 51.4 Å². The van der Waals surface area contributed by atoms with E-state index < -0.39 is 24.0 Å². The van der Waals surface area contributed by atoms with Crippen LogP contribution in [0.3, 0.4) is 0 Å². The Bertz CT molecular complexity index is 1390. The van der Waals surface area contributed by atoms with Gasteiger partial charge >= 0.3 is 0 Å². The van der Waals surface area contributed by atoms with Gasteiger partial charge in [-0.2, -0.15) is 5.10 Å². The lowest BCUT2D eigenvalue weighted by Gasteiger charge is -2.21. The third-order valence-corrected chi connectivity index (χ3v) is 6.88. The van der Waals surface area contributed by atoms with Gasteiger partial charge in [-0.05, 0) is 77.2 Å². The summed E-state index contributed by atoms with van der Waals surface area (Å²) in [5, 5.41) is 7.62. The third-order valence-electron chi connectivity index (χ3n) is 5.76. The zero-order valence-corrected chi connectivity index (χ0v) is 26.9. The van der Waals surface area contributed by atoms with E-state index in [1.54, 1.807) is 25.1 Å². The number of nitrogens with one attached hydrogen (secondary N) is 2. The summed E-state index contributed by atoms with van der Waals surface area (Å²) < 4.78 is 18.1.